The molecule has 0 aliphatic heterocycles. The summed E-state index contributed by atoms with van der Waals surface area (Å²) >= 11 is 1.48. The maximum atomic E-state index is 12.3. The van der Waals surface area contributed by atoms with E-state index in [1.165, 1.54) is 16.9 Å². The van der Waals surface area contributed by atoms with Gasteiger partial charge in [0.25, 0.3) is 0 Å². The number of thiazole rings is 1. The Kier molecular flexibility index (Phi) is 6.47. The van der Waals surface area contributed by atoms with Crippen LogP contribution in [0.3, 0.4) is 0 Å². The van der Waals surface area contributed by atoms with E-state index in [4.69, 9.17) is 9.47 Å². The van der Waals surface area contributed by atoms with Crippen molar-refractivity contribution in [3.63, 3.8) is 0 Å². The van der Waals surface area contributed by atoms with Crippen LogP contribution in [-0.2, 0) is 11.2 Å². The van der Waals surface area contributed by atoms with Crippen LogP contribution in [0.25, 0.3) is 16.2 Å². The first kappa shape index (κ1) is 20.9. The van der Waals surface area contributed by atoms with Crippen molar-refractivity contribution in [3.05, 3.63) is 59.5 Å². The molecule has 0 atom stereocenters. The molecule has 0 unspecified atom stereocenters. The number of methoxy groups -OCH3 is 1. The van der Waals surface area contributed by atoms with E-state index >= 15 is 0 Å². The van der Waals surface area contributed by atoms with Crippen molar-refractivity contribution in [3.8, 4) is 22.8 Å². The predicted molar refractivity (Wildman–Crippen MR) is 122 cm³/mol. The molecule has 2 heterocycles. The van der Waals surface area contributed by atoms with E-state index in [1.807, 2.05) is 41.8 Å². The molecule has 2 aromatic carbocycles. The van der Waals surface area contributed by atoms with E-state index < -0.39 is 0 Å². The standard InChI is InChI=1S/C23H24N4O3S/c1-3-16-6-10-19(11-7-16)30-14-4-5-21(28)24-22-25-23-27(26-22)20(15-31-23)17-8-12-18(29-2)13-9-17/h6-13,15H,3-5,14H2,1-2H3,(H,24,26,28). The molecule has 31 heavy (non-hydrogen) atoms. The number of aromatic nitrogens is 3. The fourth-order valence-electron chi connectivity index (χ4n) is 3.13. The highest BCUT2D eigenvalue weighted by molar-refractivity contribution is 7.15. The van der Waals surface area contributed by atoms with Crippen molar-refractivity contribution in [2.75, 3.05) is 19.0 Å². The third-order valence-corrected chi connectivity index (χ3v) is 5.68. The second-order valence-corrected chi connectivity index (χ2v) is 7.81. The molecule has 2 aromatic heterocycles. The third-order valence-electron chi connectivity index (χ3n) is 4.87. The first-order valence-corrected chi connectivity index (χ1v) is 11.0. The number of nitrogens with zero attached hydrogens (tertiary/aromatic N) is 3. The Morgan fingerprint density at radius 3 is 2.55 bits per heavy atom. The lowest BCUT2D eigenvalue weighted by atomic mass is 10.2. The summed E-state index contributed by atoms with van der Waals surface area (Å²) in [4.78, 5) is 17.4. The summed E-state index contributed by atoms with van der Waals surface area (Å²) in [6.07, 6.45) is 1.95. The van der Waals surface area contributed by atoms with Crippen molar-refractivity contribution < 1.29 is 14.3 Å². The monoisotopic (exact) mass is 436 g/mol. The largest absolute Gasteiger partial charge is 0.497 e. The lowest BCUT2D eigenvalue weighted by Crippen LogP contribution is -2.14. The summed E-state index contributed by atoms with van der Waals surface area (Å²) in [5, 5.41) is 9.22. The number of anilines is 1. The van der Waals surface area contributed by atoms with Gasteiger partial charge in [0.05, 0.1) is 19.4 Å². The average Bonchev–Trinajstić information content (AvgIpc) is 3.37. The number of carbonyl (C=O) groups is 1. The van der Waals surface area contributed by atoms with Gasteiger partial charge in [-0.25, -0.2) is 4.52 Å². The van der Waals surface area contributed by atoms with Crippen LogP contribution in [0, 0.1) is 0 Å². The number of amides is 1. The molecule has 0 aliphatic rings. The van der Waals surface area contributed by atoms with Crippen LogP contribution in [0.2, 0.25) is 0 Å². The number of aryl methyl sites for hydroxylation is 1. The molecule has 7 nitrogen and oxygen atoms in total. The highest BCUT2D eigenvalue weighted by Crippen LogP contribution is 2.27. The number of hydrogen-bond donors (Lipinski definition) is 1. The molecule has 0 saturated heterocycles. The van der Waals surface area contributed by atoms with E-state index in [0.717, 1.165) is 34.1 Å². The first-order chi connectivity index (χ1) is 15.2. The number of rotatable bonds is 9. The quantitative estimate of drug-likeness (QED) is 0.380. The molecule has 0 fully saturated rings. The Hall–Kier alpha value is -3.39. The van der Waals surface area contributed by atoms with Crippen LogP contribution in [-0.4, -0.2) is 34.2 Å². The summed E-state index contributed by atoms with van der Waals surface area (Å²) < 4.78 is 12.6. The van der Waals surface area contributed by atoms with E-state index in [0.29, 0.717) is 25.4 Å². The number of ether oxygens (including phenoxy) is 2. The van der Waals surface area contributed by atoms with Gasteiger partial charge in [-0.2, -0.15) is 4.98 Å². The van der Waals surface area contributed by atoms with Crippen LogP contribution >= 0.6 is 11.3 Å². The zero-order valence-corrected chi connectivity index (χ0v) is 18.3. The van der Waals surface area contributed by atoms with E-state index in [9.17, 15) is 4.79 Å². The van der Waals surface area contributed by atoms with Crippen LogP contribution in [0.4, 0.5) is 5.95 Å². The second kappa shape index (κ2) is 9.61. The van der Waals surface area contributed by atoms with Crippen LogP contribution in [0.1, 0.15) is 25.3 Å². The van der Waals surface area contributed by atoms with Crippen LogP contribution in [0.5, 0.6) is 11.5 Å². The van der Waals surface area contributed by atoms with Gasteiger partial charge in [0.2, 0.25) is 16.8 Å². The number of carbonyl (C=O) groups excluding carboxylic acids is 1. The Morgan fingerprint density at radius 2 is 1.84 bits per heavy atom. The maximum Gasteiger partial charge on any atom is 0.250 e. The van der Waals surface area contributed by atoms with Gasteiger partial charge in [0.1, 0.15) is 11.5 Å². The zero-order valence-electron chi connectivity index (χ0n) is 17.5. The van der Waals surface area contributed by atoms with Gasteiger partial charge < -0.3 is 9.47 Å². The molecular weight excluding hydrogens is 412 g/mol. The fraction of sp³-hybridized carbons (Fsp3) is 0.261. The van der Waals surface area contributed by atoms with Gasteiger partial charge in [-0.1, -0.05) is 19.1 Å². The summed E-state index contributed by atoms with van der Waals surface area (Å²) in [6, 6.07) is 15.8. The molecule has 8 heteroatoms. The topological polar surface area (TPSA) is 77.8 Å². The lowest BCUT2D eigenvalue weighted by Gasteiger charge is -2.06. The third kappa shape index (κ3) is 5.03. The van der Waals surface area contributed by atoms with Gasteiger partial charge in [-0.15, -0.1) is 16.4 Å². The molecule has 1 N–H and O–H groups in total. The van der Waals surface area contributed by atoms with Crippen LogP contribution in [0.15, 0.2) is 53.9 Å². The summed E-state index contributed by atoms with van der Waals surface area (Å²) in [5.41, 5.74) is 3.19. The van der Waals surface area contributed by atoms with Crippen LogP contribution < -0.4 is 14.8 Å². The average molecular weight is 437 g/mol. The van der Waals surface area contributed by atoms with Crippen molar-refractivity contribution >= 4 is 28.2 Å². The highest BCUT2D eigenvalue weighted by Gasteiger charge is 2.13. The molecule has 0 spiro atoms. The molecule has 4 rings (SSSR count). The molecule has 4 aromatic rings. The van der Waals surface area contributed by atoms with Crippen molar-refractivity contribution in [2.45, 2.75) is 26.2 Å². The Morgan fingerprint density at radius 1 is 1.10 bits per heavy atom. The minimum Gasteiger partial charge on any atom is -0.497 e. The molecule has 0 bridgehead atoms. The number of fused-ring (bicyclic) bond motifs is 1. The van der Waals surface area contributed by atoms with Gasteiger partial charge in [-0.05, 0) is 54.8 Å². The Bertz CT molecular complexity index is 1150. The van der Waals surface area contributed by atoms with Gasteiger partial charge in [0.15, 0.2) is 0 Å². The van der Waals surface area contributed by atoms with Gasteiger partial charge >= 0.3 is 0 Å². The molecule has 1 amide bonds. The first-order valence-electron chi connectivity index (χ1n) is 10.2. The van der Waals surface area contributed by atoms with Gasteiger partial charge in [-0.3, -0.25) is 10.1 Å². The predicted octanol–water partition coefficient (Wildman–Crippen LogP) is 4.83. The van der Waals surface area contributed by atoms with Crippen molar-refractivity contribution in [1.82, 2.24) is 14.6 Å². The normalized spacial score (nSPS) is 10.9. The van der Waals surface area contributed by atoms with E-state index in [-0.39, 0.29) is 5.91 Å². The minimum absolute atomic E-state index is 0.130. The zero-order chi connectivity index (χ0) is 21.6. The maximum absolute atomic E-state index is 12.3. The number of benzene rings is 2. The summed E-state index contributed by atoms with van der Waals surface area (Å²) in [7, 11) is 1.64. The lowest BCUT2D eigenvalue weighted by molar-refractivity contribution is -0.116. The molecule has 160 valence electrons. The number of hydrogen-bond acceptors (Lipinski definition) is 6. The minimum atomic E-state index is -0.130. The SMILES string of the molecule is CCc1ccc(OCCCC(=O)Nc2nc3scc(-c4ccc(OC)cc4)n3n2)cc1. The molecule has 0 saturated carbocycles. The molecule has 0 aliphatic carbocycles. The Labute approximate surface area is 184 Å². The summed E-state index contributed by atoms with van der Waals surface area (Å²) in [6.45, 7) is 2.60. The highest BCUT2D eigenvalue weighted by atomic mass is 32.1. The second-order valence-electron chi connectivity index (χ2n) is 6.98. The van der Waals surface area contributed by atoms with Gasteiger partial charge in [0, 0.05) is 17.4 Å². The van der Waals surface area contributed by atoms with Crippen molar-refractivity contribution in [2.24, 2.45) is 0 Å². The van der Waals surface area contributed by atoms with E-state index in [1.54, 1.807) is 11.6 Å². The summed E-state index contributed by atoms with van der Waals surface area (Å²) in [5.74, 6) is 1.79. The van der Waals surface area contributed by atoms with Crippen molar-refractivity contribution in [1.29, 1.82) is 0 Å². The Balaban J connectivity index is 1.30. The smallest absolute Gasteiger partial charge is 0.250 e. The number of nitrogens with one attached hydrogen (secondary N) is 1. The molecular formula is C23H24N4O3S. The van der Waals surface area contributed by atoms with E-state index in [2.05, 4.69) is 34.5 Å². The fourth-order valence-corrected chi connectivity index (χ4v) is 3.96. The molecule has 0 radical (unpaired) electrons.